The number of piperazine rings is 1. The summed E-state index contributed by atoms with van der Waals surface area (Å²) in [5.74, 6) is 0.900. The molecule has 0 aromatic carbocycles. The van der Waals surface area contributed by atoms with Crippen LogP contribution >= 0.6 is 15.9 Å². The third-order valence-corrected chi connectivity index (χ3v) is 3.12. The van der Waals surface area contributed by atoms with E-state index in [1.165, 1.54) is 0 Å². The smallest absolute Gasteiger partial charge is 0.153 e. The van der Waals surface area contributed by atoms with Gasteiger partial charge in [-0.25, -0.2) is 4.98 Å². The summed E-state index contributed by atoms with van der Waals surface area (Å²) < 4.78 is 0.839. The van der Waals surface area contributed by atoms with Crippen LogP contribution in [0.4, 0.5) is 11.5 Å². The minimum Gasteiger partial charge on any atom is -0.396 e. The minimum atomic E-state index is 0.753. The van der Waals surface area contributed by atoms with Gasteiger partial charge in [-0.3, -0.25) is 0 Å². The SMILES string of the molecule is CN1CCN(c2nc(Br)ccc2N)CC1. The standard InChI is InChI=1S/C10H15BrN4/c1-14-4-6-15(7-5-14)10-8(12)2-3-9(11)13-10/h2-3H,4-7,12H2,1H3. The van der Waals surface area contributed by atoms with Crippen molar-refractivity contribution in [1.82, 2.24) is 9.88 Å². The van der Waals surface area contributed by atoms with Crippen LogP contribution in [0.1, 0.15) is 0 Å². The summed E-state index contributed by atoms with van der Waals surface area (Å²) in [7, 11) is 2.13. The molecule has 2 rings (SSSR count). The van der Waals surface area contributed by atoms with Gasteiger partial charge in [0.1, 0.15) is 4.60 Å². The number of anilines is 2. The quantitative estimate of drug-likeness (QED) is 0.779. The zero-order valence-electron chi connectivity index (χ0n) is 8.78. The average molecular weight is 271 g/mol. The summed E-state index contributed by atoms with van der Waals surface area (Å²) in [6, 6.07) is 3.76. The summed E-state index contributed by atoms with van der Waals surface area (Å²) in [5.41, 5.74) is 6.67. The Morgan fingerprint density at radius 1 is 1.27 bits per heavy atom. The molecule has 2 N–H and O–H groups in total. The Hall–Kier alpha value is -0.810. The molecule has 0 amide bonds. The molecule has 1 aromatic heterocycles. The van der Waals surface area contributed by atoms with Gasteiger partial charge in [0.2, 0.25) is 0 Å². The van der Waals surface area contributed by atoms with E-state index in [4.69, 9.17) is 5.73 Å². The lowest BCUT2D eigenvalue weighted by molar-refractivity contribution is 0.312. The van der Waals surface area contributed by atoms with E-state index in [1.54, 1.807) is 0 Å². The number of nitrogen functional groups attached to an aromatic ring is 1. The highest BCUT2D eigenvalue weighted by atomic mass is 79.9. The highest BCUT2D eigenvalue weighted by molar-refractivity contribution is 9.10. The number of rotatable bonds is 1. The first-order valence-electron chi connectivity index (χ1n) is 5.02. The fraction of sp³-hybridized carbons (Fsp3) is 0.500. The molecule has 82 valence electrons. The summed E-state index contributed by atoms with van der Waals surface area (Å²) in [4.78, 5) is 8.97. The molecule has 1 aliphatic rings. The van der Waals surface area contributed by atoms with Gasteiger partial charge in [-0.15, -0.1) is 0 Å². The van der Waals surface area contributed by atoms with E-state index in [0.29, 0.717) is 0 Å². The van der Waals surface area contributed by atoms with Gasteiger partial charge in [0, 0.05) is 26.2 Å². The topological polar surface area (TPSA) is 45.4 Å². The predicted molar refractivity (Wildman–Crippen MR) is 66.1 cm³/mol. The van der Waals surface area contributed by atoms with E-state index in [2.05, 4.69) is 37.8 Å². The number of nitrogens with zero attached hydrogens (tertiary/aromatic N) is 3. The lowest BCUT2D eigenvalue weighted by atomic mass is 10.3. The molecule has 2 heterocycles. The molecular formula is C10H15BrN4. The molecule has 1 fully saturated rings. The number of likely N-dealkylation sites (N-methyl/N-ethyl adjacent to an activating group) is 1. The normalized spacial score (nSPS) is 18.1. The van der Waals surface area contributed by atoms with Gasteiger partial charge in [-0.05, 0) is 35.1 Å². The number of hydrogen-bond donors (Lipinski definition) is 1. The van der Waals surface area contributed by atoms with Crippen molar-refractivity contribution >= 4 is 27.4 Å². The molecule has 0 bridgehead atoms. The van der Waals surface area contributed by atoms with Crippen LogP contribution in [-0.4, -0.2) is 43.1 Å². The zero-order chi connectivity index (χ0) is 10.8. The molecule has 0 atom stereocenters. The Bertz CT molecular complexity index is 347. The van der Waals surface area contributed by atoms with Crippen molar-refractivity contribution in [2.45, 2.75) is 0 Å². The van der Waals surface area contributed by atoms with Crippen molar-refractivity contribution in [3.63, 3.8) is 0 Å². The van der Waals surface area contributed by atoms with E-state index < -0.39 is 0 Å². The van der Waals surface area contributed by atoms with Gasteiger partial charge in [0.05, 0.1) is 5.69 Å². The summed E-state index contributed by atoms with van der Waals surface area (Å²) >= 11 is 3.37. The van der Waals surface area contributed by atoms with Gasteiger partial charge in [-0.2, -0.15) is 0 Å². The molecule has 4 nitrogen and oxygen atoms in total. The van der Waals surface area contributed by atoms with E-state index in [1.807, 2.05) is 12.1 Å². The van der Waals surface area contributed by atoms with Crippen LogP contribution in [0.3, 0.4) is 0 Å². The van der Waals surface area contributed by atoms with Crippen LogP contribution in [-0.2, 0) is 0 Å². The molecule has 1 aromatic rings. The molecular weight excluding hydrogens is 256 g/mol. The molecule has 15 heavy (non-hydrogen) atoms. The number of aromatic nitrogens is 1. The lowest BCUT2D eigenvalue weighted by Crippen LogP contribution is -2.45. The van der Waals surface area contributed by atoms with E-state index >= 15 is 0 Å². The maximum atomic E-state index is 5.92. The molecule has 5 heteroatoms. The van der Waals surface area contributed by atoms with Crippen LogP contribution < -0.4 is 10.6 Å². The molecule has 1 aliphatic heterocycles. The van der Waals surface area contributed by atoms with Crippen molar-refractivity contribution in [3.05, 3.63) is 16.7 Å². The second kappa shape index (κ2) is 4.37. The van der Waals surface area contributed by atoms with Crippen molar-refractivity contribution in [3.8, 4) is 0 Å². The van der Waals surface area contributed by atoms with Crippen molar-refractivity contribution in [2.75, 3.05) is 43.9 Å². The van der Waals surface area contributed by atoms with Crippen LogP contribution in [0, 0.1) is 0 Å². The van der Waals surface area contributed by atoms with Gasteiger partial charge in [0.25, 0.3) is 0 Å². The summed E-state index contributed by atoms with van der Waals surface area (Å²) in [6.45, 7) is 4.11. The number of pyridine rings is 1. The molecule has 0 aliphatic carbocycles. The Balaban J connectivity index is 2.18. The first kappa shape index (κ1) is 10.7. The van der Waals surface area contributed by atoms with Gasteiger partial charge in [0.15, 0.2) is 5.82 Å². The Kier molecular flexibility index (Phi) is 3.11. The largest absolute Gasteiger partial charge is 0.396 e. The predicted octanol–water partition coefficient (Wildman–Crippen LogP) is 1.18. The molecule has 0 unspecified atom stereocenters. The minimum absolute atomic E-state index is 0.753. The van der Waals surface area contributed by atoms with E-state index in [9.17, 15) is 0 Å². The third-order valence-electron chi connectivity index (χ3n) is 2.67. The van der Waals surface area contributed by atoms with Crippen LogP contribution in [0.2, 0.25) is 0 Å². The monoisotopic (exact) mass is 270 g/mol. The molecule has 0 radical (unpaired) electrons. The van der Waals surface area contributed by atoms with E-state index in [0.717, 1.165) is 42.3 Å². The van der Waals surface area contributed by atoms with Gasteiger partial charge < -0.3 is 15.5 Å². The summed E-state index contributed by atoms with van der Waals surface area (Å²) in [6.07, 6.45) is 0. The molecule has 0 spiro atoms. The second-order valence-electron chi connectivity index (χ2n) is 3.84. The highest BCUT2D eigenvalue weighted by Crippen LogP contribution is 2.23. The van der Waals surface area contributed by atoms with Crippen LogP contribution in [0.25, 0.3) is 0 Å². The fourth-order valence-corrected chi connectivity index (χ4v) is 2.01. The van der Waals surface area contributed by atoms with Crippen molar-refractivity contribution in [2.24, 2.45) is 0 Å². The number of hydrogen-bond acceptors (Lipinski definition) is 4. The lowest BCUT2D eigenvalue weighted by Gasteiger charge is -2.33. The Morgan fingerprint density at radius 2 is 1.93 bits per heavy atom. The summed E-state index contributed by atoms with van der Waals surface area (Å²) in [5, 5.41) is 0. The Morgan fingerprint density at radius 3 is 2.60 bits per heavy atom. The molecule has 1 saturated heterocycles. The maximum absolute atomic E-state index is 5.92. The number of nitrogens with two attached hydrogens (primary N) is 1. The van der Waals surface area contributed by atoms with Crippen molar-refractivity contribution < 1.29 is 0 Å². The molecule has 0 saturated carbocycles. The van der Waals surface area contributed by atoms with Crippen molar-refractivity contribution in [1.29, 1.82) is 0 Å². The average Bonchev–Trinajstić information content (AvgIpc) is 2.23. The second-order valence-corrected chi connectivity index (χ2v) is 4.65. The number of halogens is 1. The Labute approximate surface area is 98.2 Å². The van der Waals surface area contributed by atoms with Crippen LogP contribution in [0.15, 0.2) is 16.7 Å². The first-order valence-corrected chi connectivity index (χ1v) is 5.81. The van der Waals surface area contributed by atoms with Gasteiger partial charge >= 0.3 is 0 Å². The first-order chi connectivity index (χ1) is 7.16. The van der Waals surface area contributed by atoms with E-state index in [-0.39, 0.29) is 0 Å². The third kappa shape index (κ3) is 2.41. The van der Waals surface area contributed by atoms with Gasteiger partial charge in [-0.1, -0.05) is 0 Å². The highest BCUT2D eigenvalue weighted by Gasteiger charge is 2.17. The fourth-order valence-electron chi connectivity index (χ4n) is 1.71. The maximum Gasteiger partial charge on any atom is 0.153 e. The van der Waals surface area contributed by atoms with Crippen LogP contribution in [0.5, 0.6) is 0 Å². The zero-order valence-corrected chi connectivity index (χ0v) is 10.4.